The van der Waals surface area contributed by atoms with E-state index in [0.29, 0.717) is 0 Å². The van der Waals surface area contributed by atoms with Crippen LogP contribution in [-0.2, 0) is 6.54 Å². The molecule has 0 unspecified atom stereocenters. The Kier molecular flexibility index (Phi) is 4.31. The van der Waals surface area contributed by atoms with Crippen LogP contribution in [0.1, 0.15) is 18.3 Å². The second kappa shape index (κ2) is 5.51. The summed E-state index contributed by atoms with van der Waals surface area (Å²) in [4.78, 5) is 4.41. The van der Waals surface area contributed by atoms with E-state index in [0.717, 1.165) is 35.8 Å². The molecule has 82 valence electrons. The van der Waals surface area contributed by atoms with Crippen molar-refractivity contribution in [3.05, 3.63) is 35.7 Å². The Morgan fingerprint density at radius 3 is 2.87 bits per heavy atom. The van der Waals surface area contributed by atoms with Crippen molar-refractivity contribution in [3.63, 3.8) is 0 Å². The Morgan fingerprint density at radius 2 is 2.27 bits per heavy atom. The number of pyridine rings is 1. The highest BCUT2D eigenvalue weighted by Crippen LogP contribution is 2.12. The summed E-state index contributed by atoms with van der Waals surface area (Å²) in [5.41, 5.74) is 3.09. The molecule has 3 heteroatoms. The molecular weight excluding hydrogens is 188 g/mol. The highest BCUT2D eigenvalue weighted by molar-refractivity contribution is 5.26. The summed E-state index contributed by atoms with van der Waals surface area (Å²) in [6, 6.07) is 3.86. The Hall–Kier alpha value is -1.35. The van der Waals surface area contributed by atoms with Crippen molar-refractivity contribution in [2.75, 3.05) is 13.7 Å². The number of hydrogen-bond acceptors (Lipinski definition) is 3. The van der Waals surface area contributed by atoms with Crippen LogP contribution in [-0.4, -0.2) is 18.6 Å². The van der Waals surface area contributed by atoms with Gasteiger partial charge in [0.15, 0.2) is 0 Å². The zero-order valence-corrected chi connectivity index (χ0v) is 9.63. The predicted molar refractivity (Wildman–Crippen MR) is 62.0 cm³/mol. The first-order valence-corrected chi connectivity index (χ1v) is 4.98. The molecule has 1 aromatic rings. The summed E-state index contributed by atoms with van der Waals surface area (Å²) in [6.07, 6.45) is 0. The third-order valence-corrected chi connectivity index (χ3v) is 1.95. The lowest BCUT2D eigenvalue weighted by atomic mass is 10.3. The summed E-state index contributed by atoms with van der Waals surface area (Å²) in [5, 5.41) is 3.26. The number of nitrogens with zero attached hydrogens (tertiary/aromatic N) is 1. The average Bonchev–Trinajstić information content (AvgIpc) is 2.16. The highest BCUT2D eigenvalue weighted by Gasteiger charge is 1.99. The minimum absolute atomic E-state index is 0.741. The Bertz CT molecular complexity index is 347. The number of rotatable bonds is 5. The lowest BCUT2D eigenvalue weighted by molar-refractivity contribution is 0.413. The SMILES string of the molecule is C=C(C)CNCc1cc(OC)cc(C)n1. The number of ether oxygens (including phenoxy) is 1. The number of hydrogen-bond donors (Lipinski definition) is 1. The normalized spacial score (nSPS) is 10.1. The van der Waals surface area contributed by atoms with Crippen LogP contribution in [0.4, 0.5) is 0 Å². The third kappa shape index (κ3) is 4.13. The van der Waals surface area contributed by atoms with Crippen LogP contribution in [0.5, 0.6) is 5.75 Å². The molecule has 0 saturated carbocycles. The fraction of sp³-hybridized carbons (Fsp3) is 0.417. The van der Waals surface area contributed by atoms with E-state index in [9.17, 15) is 0 Å². The topological polar surface area (TPSA) is 34.1 Å². The predicted octanol–water partition coefficient (Wildman–Crippen LogP) is 2.06. The molecule has 0 aromatic carbocycles. The summed E-state index contributed by atoms with van der Waals surface area (Å²) in [6.45, 7) is 9.35. The highest BCUT2D eigenvalue weighted by atomic mass is 16.5. The molecule has 0 aliphatic carbocycles. The molecule has 0 bridgehead atoms. The van der Waals surface area contributed by atoms with Gasteiger partial charge in [-0.2, -0.15) is 0 Å². The number of aromatic nitrogens is 1. The number of nitrogens with one attached hydrogen (secondary N) is 1. The van der Waals surface area contributed by atoms with Gasteiger partial charge in [-0.25, -0.2) is 0 Å². The van der Waals surface area contributed by atoms with Gasteiger partial charge in [0.25, 0.3) is 0 Å². The van der Waals surface area contributed by atoms with Gasteiger partial charge in [0, 0.05) is 30.9 Å². The minimum atomic E-state index is 0.741. The molecule has 1 aromatic heterocycles. The number of methoxy groups -OCH3 is 1. The zero-order valence-electron chi connectivity index (χ0n) is 9.63. The lowest BCUT2D eigenvalue weighted by Gasteiger charge is -2.07. The summed E-state index contributed by atoms with van der Waals surface area (Å²) in [5.74, 6) is 0.856. The summed E-state index contributed by atoms with van der Waals surface area (Å²) in [7, 11) is 1.67. The molecule has 0 aliphatic heterocycles. The maximum Gasteiger partial charge on any atom is 0.122 e. The number of aryl methyl sites for hydroxylation is 1. The van der Waals surface area contributed by atoms with E-state index in [-0.39, 0.29) is 0 Å². The molecule has 3 nitrogen and oxygen atoms in total. The first kappa shape index (κ1) is 11.7. The Morgan fingerprint density at radius 1 is 1.53 bits per heavy atom. The van der Waals surface area contributed by atoms with Gasteiger partial charge >= 0.3 is 0 Å². The maximum absolute atomic E-state index is 5.18. The Labute approximate surface area is 91.2 Å². The second-order valence-electron chi connectivity index (χ2n) is 3.70. The average molecular weight is 206 g/mol. The van der Waals surface area contributed by atoms with E-state index in [2.05, 4.69) is 16.9 Å². The third-order valence-electron chi connectivity index (χ3n) is 1.95. The van der Waals surface area contributed by atoms with Gasteiger partial charge in [0.05, 0.1) is 12.8 Å². The largest absolute Gasteiger partial charge is 0.497 e. The van der Waals surface area contributed by atoms with Crippen molar-refractivity contribution in [3.8, 4) is 5.75 Å². The van der Waals surface area contributed by atoms with Crippen molar-refractivity contribution in [2.24, 2.45) is 0 Å². The quantitative estimate of drug-likeness (QED) is 0.749. The molecule has 0 fully saturated rings. The van der Waals surface area contributed by atoms with Crippen LogP contribution in [0.3, 0.4) is 0 Å². The zero-order chi connectivity index (χ0) is 11.3. The van der Waals surface area contributed by atoms with Crippen LogP contribution in [0, 0.1) is 6.92 Å². The molecule has 0 aliphatic rings. The van der Waals surface area contributed by atoms with Crippen molar-refractivity contribution >= 4 is 0 Å². The van der Waals surface area contributed by atoms with Crippen molar-refractivity contribution in [1.29, 1.82) is 0 Å². The van der Waals surface area contributed by atoms with Gasteiger partial charge in [0.2, 0.25) is 0 Å². The van der Waals surface area contributed by atoms with Gasteiger partial charge in [-0.3, -0.25) is 4.98 Å². The van der Waals surface area contributed by atoms with E-state index < -0.39 is 0 Å². The maximum atomic E-state index is 5.18. The Balaban J connectivity index is 2.60. The molecule has 0 amide bonds. The van der Waals surface area contributed by atoms with Crippen molar-refractivity contribution < 1.29 is 4.74 Å². The summed E-state index contributed by atoms with van der Waals surface area (Å²) < 4.78 is 5.18. The molecule has 0 spiro atoms. The summed E-state index contributed by atoms with van der Waals surface area (Å²) >= 11 is 0. The van der Waals surface area contributed by atoms with E-state index in [1.165, 1.54) is 0 Å². The molecule has 0 saturated heterocycles. The first-order chi connectivity index (χ1) is 7.11. The molecule has 1 heterocycles. The first-order valence-electron chi connectivity index (χ1n) is 4.98. The molecule has 1 rings (SSSR count). The van der Waals surface area contributed by atoms with Gasteiger partial charge in [-0.1, -0.05) is 12.2 Å². The van der Waals surface area contributed by atoms with Crippen LogP contribution >= 0.6 is 0 Å². The van der Waals surface area contributed by atoms with E-state index >= 15 is 0 Å². The van der Waals surface area contributed by atoms with Gasteiger partial charge in [-0.05, 0) is 13.8 Å². The van der Waals surface area contributed by atoms with Gasteiger partial charge < -0.3 is 10.1 Å². The van der Waals surface area contributed by atoms with E-state index in [1.807, 2.05) is 26.0 Å². The van der Waals surface area contributed by atoms with Crippen LogP contribution in [0.2, 0.25) is 0 Å². The molecule has 0 radical (unpaired) electrons. The second-order valence-corrected chi connectivity index (χ2v) is 3.70. The molecular formula is C12H18N2O. The van der Waals surface area contributed by atoms with E-state index in [1.54, 1.807) is 7.11 Å². The van der Waals surface area contributed by atoms with Gasteiger partial charge in [-0.15, -0.1) is 0 Å². The standard InChI is InChI=1S/C12H18N2O/c1-9(2)7-13-8-11-6-12(15-4)5-10(3)14-11/h5-6,13H,1,7-8H2,2-4H3. The minimum Gasteiger partial charge on any atom is -0.497 e. The van der Waals surface area contributed by atoms with Crippen LogP contribution in [0.25, 0.3) is 0 Å². The van der Waals surface area contributed by atoms with Crippen molar-refractivity contribution in [1.82, 2.24) is 10.3 Å². The van der Waals surface area contributed by atoms with E-state index in [4.69, 9.17) is 4.74 Å². The monoisotopic (exact) mass is 206 g/mol. The van der Waals surface area contributed by atoms with Crippen LogP contribution in [0.15, 0.2) is 24.3 Å². The smallest absolute Gasteiger partial charge is 0.122 e. The fourth-order valence-electron chi connectivity index (χ4n) is 1.32. The van der Waals surface area contributed by atoms with Crippen molar-refractivity contribution in [2.45, 2.75) is 20.4 Å². The molecule has 1 N–H and O–H groups in total. The molecule has 15 heavy (non-hydrogen) atoms. The lowest BCUT2D eigenvalue weighted by Crippen LogP contribution is -2.16. The fourth-order valence-corrected chi connectivity index (χ4v) is 1.32. The molecule has 0 atom stereocenters. The van der Waals surface area contributed by atoms with Crippen LogP contribution < -0.4 is 10.1 Å². The van der Waals surface area contributed by atoms with Gasteiger partial charge in [0.1, 0.15) is 5.75 Å².